The molecule has 3 aromatic rings. The van der Waals surface area contributed by atoms with E-state index in [0.717, 1.165) is 18.7 Å². The molecular formula is C14H12N6O2S2. The molecule has 0 unspecified atom stereocenters. The van der Waals surface area contributed by atoms with Gasteiger partial charge in [-0.25, -0.2) is 13.1 Å². The quantitative estimate of drug-likeness (QED) is 0.736. The molecule has 0 spiro atoms. The minimum atomic E-state index is -3.79. The summed E-state index contributed by atoms with van der Waals surface area (Å²) in [4.78, 5) is 0.623. The molecule has 2 heterocycles. The largest absolute Gasteiger partial charge is 0.242 e. The van der Waals surface area contributed by atoms with E-state index in [0.29, 0.717) is 15.9 Å². The van der Waals surface area contributed by atoms with Crippen LogP contribution in [0.3, 0.4) is 0 Å². The Morgan fingerprint density at radius 1 is 1.33 bits per heavy atom. The molecule has 1 aliphatic rings. The van der Waals surface area contributed by atoms with Crippen molar-refractivity contribution in [3.05, 3.63) is 40.7 Å². The highest BCUT2D eigenvalue weighted by Crippen LogP contribution is 2.39. The maximum Gasteiger partial charge on any atom is 0.242 e. The van der Waals surface area contributed by atoms with Crippen molar-refractivity contribution < 1.29 is 8.42 Å². The summed E-state index contributed by atoms with van der Waals surface area (Å²) in [7, 11) is -3.79. The molecule has 0 atom stereocenters. The number of fused-ring (bicyclic) bond motifs is 1. The van der Waals surface area contributed by atoms with E-state index in [1.807, 2.05) is 6.07 Å². The van der Waals surface area contributed by atoms with Crippen LogP contribution in [0.15, 0.2) is 29.2 Å². The lowest BCUT2D eigenvalue weighted by Crippen LogP contribution is -2.24. The van der Waals surface area contributed by atoms with Gasteiger partial charge in [0.05, 0.1) is 17.0 Å². The predicted octanol–water partition coefficient (Wildman–Crippen LogP) is 1.41. The molecule has 1 saturated carbocycles. The predicted molar refractivity (Wildman–Crippen MR) is 85.8 cm³/mol. The Bertz CT molecular complexity index is 1060. The summed E-state index contributed by atoms with van der Waals surface area (Å²) in [5.74, 6) is 1.25. The number of hydrogen-bond donors (Lipinski definition) is 1. The average molecular weight is 360 g/mol. The molecule has 1 fully saturated rings. The smallest absolute Gasteiger partial charge is 0.207 e. The summed E-state index contributed by atoms with van der Waals surface area (Å²) in [5.41, 5.74) is 0.110. The van der Waals surface area contributed by atoms with Gasteiger partial charge in [-0.1, -0.05) is 23.5 Å². The SMILES string of the molecule is N#Cc1ccccc1S(=O)(=O)NCc1nn2c(C3CC3)nnc2s1. The molecule has 0 amide bonds. The number of nitriles is 1. The molecule has 1 aromatic carbocycles. The van der Waals surface area contributed by atoms with Crippen LogP contribution in [0.25, 0.3) is 4.96 Å². The minimum absolute atomic E-state index is 0.0332. The lowest BCUT2D eigenvalue weighted by molar-refractivity contribution is 0.580. The second kappa shape index (κ2) is 5.62. The lowest BCUT2D eigenvalue weighted by Gasteiger charge is -2.06. The number of sulfonamides is 1. The van der Waals surface area contributed by atoms with Gasteiger partial charge in [0, 0.05) is 5.92 Å². The van der Waals surface area contributed by atoms with E-state index >= 15 is 0 Å². The van der Waals surface area contributed by atoms with Gasteiger partial charge >= 0.3 is 0 Å². The number of benzene rings is 1. The first kappa shape index (κ1) is 15.2. The molecule has 2 aromatic heterocycles. The van der Waals surface area contributed by atoms with Gasteiger partial charge in [0.25, 0.3) is 0 Å². The van der Waals surface area contributed by atoms with Crippen LogP contribution < -0.4 is 4.72 Å². The molecule has 8 nitrogen and oxygen atoms in total. The molecule has 0 radical (unpaired) electrons. The Morgan fingerprint density at radius 2 is 2.12 bits per heavy atom. The first-order valence-electron chi connectivity index (χ1n) is 7.28. The first-order chi connectivity index (χ1) is 11.6. The maximum atomic E-state index is 12.4. The average Bonchev–Trinajstić information content (AvgIpc) is 3.22. The summed E-state index contributed by atoms with van der Waals surface area (Å²) in [6, 6.07) is 7.98. The zero-order chi connectivity index (χ0) is 16.7. The zero-order valence-electron chi connectivity index (χ0n) is 12.4. The maximum absolute atomic E-state index is 12.4. The van der Waals surface area contributed by atoms with Crippen molar-refractivity contribution in [1.29, 1.82) is 5.26 Å². The molecule has 10 heteroatoms. The minimum Gasteiger partial charge on any atom is -0.207 e. The van der Waals surface area contributed by atoms with Crippen molar-refractivity contribution in [3.8, 4) is 6.07 Å². The van der Waals surface area contributed by atoms with Gasteiger partial charge in [0.15, 0.2) is 5.82 Å². The van der Waals surface area contributed by atoms with Crippen molar-refractivity contribution >= 4 is 26.3 Å². The van der Waals surface area contributed by atoms with Crippen molar-refractivity contribution in [1.82, 2.24) is 24.5 Å². The van der Waals surface area contributed by atoms with Crippen LogP contribution in [0.4, 0.5) is 0 Å². The molecule has 1 N–H and O–H groups in total. The van der Waals surface area contributed by atoms with Crippen LogP contribution in [0.5, 0.6) is 0 Å². The monoisotopic (exact) mass is 360 g/mol. The first-order valence-corrected chi connectivity index (χ1v) is 9.58. The Labute approximate surface area is 141 Å². The normalized spacial score (nSPS) is 14.8. The molecule has 1 aliphatic carbocycles. The van der Waals surface area contributed by atoms with Crippen molar-refractivity contribution in [2.45, 2.75) is 30.2 Å². The Kier molecular flexibility index (Phi) is 3.56. The van der Waals surface area contributed by atoms with Gasteiger partial charge in [-0.15, -0.1) is 10.2 Å². The van der Waals surface area contributed by atoms with Gasteiger partial charge in [0.2, 0.25) is 15.0 Å². The van der Waals surface area contributed by atoms with Gasteiger partial charge in [0.1, 0.15) is 11.1 Å². The summed E-state index contributed by atoms with van der Waals surface area (Å²) >= 11 is 1.30. The molecule has 0 saturated heterocycles. The molecule has 122 valence electrons. The number of nitrogens with one attached hydrogen (secondary N) is 1. The fourth-order valence-electron chi connectivity index (χ4n) is 2.37. The standard InChI is InChI=1S/C14H12N6O2S2/c15-7-10-3-1-2-4-11(10)24(21,22)16-8-12-19-20-13(9-5-6-9)17-18-14(20)23-12/h1-4,9,16H,5-6,8H2. The highest BCUT2D eigenvalue weighted by Gasteiger charge is 2.30. The number of hydrogen-bond acceptors (Lipinski definition) is 7. The van der Waals surface area contributed by atoms with Gasteiger partial charge in [-0.3, -0.25) is 0 Å². The van der Waals surface area contributed by atoms with Crippen LogP contribution >= 0.6 is 11.3 Å². The van der Waals surface area contributed by atoms with E-state index in [1.54, 1.807) is 16.6 Å². The van der Waals surface area contributed by atoms with E-state index in [4.69, 9.17) is 5.26 Å². The highest BCUT2D eigenvalue weighted by molar-refractivity contribution is 7.89. The zero-order valence-corrected chi connectivity index (χ0v) is 14.0. The van der Waals surface area contributed by atoms with Crippen LogP contribution in [-0.4, -0.2) is 28.2 Å². The molecule has 0 aliphatic heterocycles. The van der Waals surface area contributed by atoms with Gasteiger partial charge in [-0.05, 0) is 25.0 Å². The fourth-order valence-corrected chi connectivity index (χ4v) is 4.38. The summed E-state index contributed by atoms with van der Waals surface area (Å²) in [5, 5.41) is 22.2. The number of nitrogens with zero attached hydrogens (tertiary/aromatic N) is 5. The number of rotatable bonds is 5. The van der Waals surface area contributed by atoms with E-state index in [1.165, 1.54) is 23.5 Å². The third-order valence-electron chi connectivity index (χ3n) is 3.71. The second-order valence-corrected chi connectivity index (χ2v) is 8.23. The lowest BCUT2D eigenvalue weighted by atomic mass is 10.2. The van der Waals surface area contributed by atoms with Gasteiger partial charge in [-0.2, -0.15) is 14.9 Å². The third-order valence-corrected chi connectivity index (χ3v) is 6.07. The molecule has 0 bridgehead atoms. The van der Waals surface area contributed by atoms with E-state index in [2.05, 4.69) is 20.0 Å². The van der Waals surface area contributed by atoms with Crippen LogP contribution in [-0.2, 0) is 16.6 Å². The van der Waals surface area contributed by atoms with E-state index in [9.17, 15) is 8.42 Å². The van der Waals surface area contributed by atoms with Crippen LogP contribution in [0.2, 0.25) is 0 Å². The molecule has 4 rings (SSSR count). The van der Waals surface area contributed by atoms with Crippen molar-refractivity contribution in [2.75, 3.05) is 0 Å². The van der Waals surface area contributed by atoms with E-state index in [-0.39, 0.29) is 17.0 Å². The Hall–Kier alpha value is -2.35. The third kappa shape index (κ3) is 2.66. The highest BCUT2D eigenvalue weighted by atomic mass is 32.2. The topological polar surface area (TPSA) is 113 Å². The second-order valence-electron chi connectivity index (χ2n) is 5.46. The number of aromatic nitrogens is 4. The van der Waals surface area contributed by atoms with Crippen LogP contribution in [0, 0.1) is 11.3 Å². The molecular weight excluding hydrogens is 348 g/mol. The van der Waals surface area contributed by atoms with E-state index < -0.39 is 10.0 Å². The molecule has 24 heavy (non-hydrogen) atoms. The van der Waals surface area contributed by atoms with Crippen molar-refractivity contribution in [3.63, 3.8) is 0 Å². The summed E-state index contributed by atoms with van der Waals surface area (Å²) in [6.45, 7) is 0.0419. The Balaban J connectivity index is 1.57. The summed E-state index contributed by atoms with van der Waals surface area (Å²) in [6.07, 6.45) is 2.18. The van der Waals surface area contributed by atoms with Crippen LogP contribution in [0.1, 0.15) is 35.2 Å². The fraction of sp³-hybridized carbons (Fsp3) is 0.286. The van der Waals surface area contributed by atoms with Crippen molar-refractivity contribution in [2.24, 2.45) is 0 Å². The van der Waals surface area contributed by atoms with Gasteiger partial charge < -0.3 is 0 Å². The Morgan fingerprint density at radius 3 is 2.88 bits per heavy atom. The summed E-state index contributed by atoms with van der Waals surface area (Å²) < 4.78 is 29.0.